The first kappa shape index (κ1) is 30.6. The van der Waals surface area contributed by atoms with Gasteiger partial charge in [0.1, 0.15) is 12.6 Å². The highest BCUT2D eigenvalue weighted by atomic mass is 35.5. The molecule has 4 rings (SSSR count). The summed E-state index contributed by atoms with van der Waals surface area (Å²) in [4.78, 5) is 29.0. The summed E-state index contributed by atoms with van der Waals surface area (Å²) >= 11 is 6.47. The number of benzene rings is 3. The number of nitrogens with one attached hydrogen (secondary N) is 1. The summed E-state index contributed by atoms with van der Waals surface area (Å²) < 4.78 is 28.9. The molecule has 1 saturated carbocycles. The van der Waals surface area contributed by atoms with Gasteiger partial charge in [-0.2, -0.15) is 0 Å². The van der Waals surface area contributed by atoms with Crippen molar-refractivity contribution < 1.29 is 18.0 Å². The molecule has 0 aromatic heterocycles. The molecule has 2 amide bonds. The molecule has 1 atom stereocenters. The number of sulfonamides is 1. The van der Waals surface area contributed by atoms with Gasteiger partial charge < -0.3 is 10.2 Å². The molecule has 0 saturated heterocycles. The molecular weight excluding hydrogens is 558 g/mol. The van der Waals surface area contributed by atoms with Gasteiger partial charge in [0.15, 0.2) is 0 Å². The quantitative estimate of drug-likeness (QED) is 0.311. The van der Waals surface area contributed by atoms with Gasteiger partial charge in [0, 0.05) is 12.6 Å². The van der Waals surface area contributed by atoms with E-state index in [1.807, 2.05) is 38.1 Å². The van der Waals surface area contributed by atoms with Gasteiger partial charge in [0.2, 0.25) is 11.8 Å². The molecule has 1 aliphatic carbocycles. The van der Waals surface area contributed by atoms with Crippen LogP contribution in [0, 0.1) is 13.8 Å². The highest BCUT2D eigenvalue weighted by Crippen LogP contribution is 2.31. The Morgan fingerprint density at radius 2 is 1.49 bits per heavy atom. The van der Waals surface area contributed by atoms with Crippen LogP contribution in [0.3, 0.4) is 0 Å². The molecule has 1 fully saturated rings. The molecule has 3 aromatic rings. The van der Waals surface area contributed by atoms with E-state index in [0.717, 1.165) is 53.1 Å². The molecular formula is C32H38ClN3O4S. The lowest BCUT2D eigenvalue weighted by Crippen LogP contribution is -2.53. The third-order valence-corrected chi connectivity index (χ3v) is 9.69. The SMILES string of the molecule is Cc1ccc(CN(C(=O)CN(c2ccccc2Cl)S(=O)(=O)c2ccc(C)cc2)C(C)C(=O)NC2CCCCC2)cc1. The molecule has 41 heavy (non-hydrogen) atoms. The Balaban J connectivity index is 1.68. The van der Waals surface area contributed by atoms with Crippen molar-refractivity contribution in [2.75, 3.05) is 10.8 Å². The Labute approximate surface area is 248 Å². The van der Waals surface area contributed by atoms with E-state index in [2.05, 4.69) is 5.32 Å². The van der Waals surface area contributed by atoms with Gasteiger partial charge in [0.25, 0.3) is 10.0 Å². The summed E-state index contributed by atoms with van der Waals surface area (Å²) in [5.74, 6) is -0.754. The molecule has 0 heterocycles. The fraction of sp³-hybridized carbons (Fsp3) is 0.375. The number of para-hydroxylation sites is 1. The molecule has 3 aromatic carbocycles. The molecule has 0 radical (unpaired) electrons. The van der Waals surface area contributed by atoms with Crippen molar-refractivity contribution in [1.82, 2.24) is 10.2 Å². The Kier molecular flexibility index (Phi) is 10.1. The second-order valence-electron chi connectivity index (χ2n) is 10.8. The largest absolute Gasteiger partial charge is 0.352 e. The van der Waals surface area contributed by atoms with Crippen LogP contribution in [-0.4, -0.2) is 43.8 Å². The highest BCUT2D eigenvalue weighted by molar-refractivity contribution is 7.92. The first-order chi connectivity index (χ1) is 19.6. The number of hydrogen-bond acceptors (Lipinski definition) is 4. The predicted octanol–water partition coefficient (Wildman–Crippen LogP) is 6.02. The normalized spacial score (nSPS) is 14.7. The maximum atomic E-state index is 14.1. The number of carbonyl (C=O) groups is 2. The molecule has 1 unspecified atom stereocenters. The van der Waals surface area contributed by atoms with E-state index in [9.17, 15) is 18.0 Å². The maximum Gasteiger partial charge on any atom is 0.264 e. The van der Waals surface area contributed by atoms with Crippen LogP contribution < -0.4 is 9.62 Å². The van der Waals surface area contributed by atoms with Crippen LogP contribution in [0.1, 0.15) is 55.7 Å². The van der Waals surface area contributed by atoms with Crippen LogP contribution in [0.15, 0.2) is 77.7 Å². The molecule has 9 heteroatoms. The number of amides is 2. The van der Waals surface area contributed by atoms with Gasteiger partial charge in [-0.1, -0.05) is 90.5 Å². The summed E-state index contributed by atoms with van der Waals surface area (Å²) in [6, 6.07) is 20.0. The topological polar surface area (TPSA) is 86.8 Å². The third kappa shape index (κ3) is 7.68. The van der Waals surface area contributed by atoms with Gasteiger partial charge in [-0.25, -0.2) is 8.42 Å². The molecule has 0 spiro atoms. The summed E-state index contributed by atoms with van der Waals surface area (Å²) in [6.07, 6.45) is 5.12. The Bertz CT molecular complexity index is 1450. The highest BCUT2D eigenvalue weighted by Gasteiger charge is 2.34. The fourth-order valence-corrected chi connectivity index (χ4v) is 6.77. The van der Waals surface area contributed by atoms with Crippen molar-refractivity contribution >= 4 is 39.1 Å². The second kappa shape index (κ2) is 13.5. The van der Waals surface area contributed by atoms with Crippen LogP contribution in [-0.2, 0) is 26.2 Å². The smallest absolute Gasteiger partial charge is 0.264 e. The first-order valence-electron chi connectivity index (χ1n) is 14.1. The van der Waals surface area contributed by atoms with E-state index in [4.69, 9.17) is 11.6 Å². The van der Waals surface area contributed by atoms with E-state index >= 15 is 0 Å². The molecule has 218 valence electrons. The van der Waals surface area contributed by atoms with Crippen LogP contribution in [0.5, 0.6) is 0 Å². The lowest BCUT2D eigenvalue weighted by Gasteiger charge is -2.33. The van der Waals surface area contributed by atoms with Crippen LogP contribution in [0.2, 0.25) is 5.02 Å². The van der Waals surface area contributed by atoms with Crippen molar-refractivity contribution in [3.63, 3.8) is 0 Å². The Morgan fingerprint density at radius 1 is 0.902 bits per heavy atom. The number of halogens is 1. The number of nitrogens with zero attached hydrogens (tertiary/aromatic N) is 2. The minimum atomic E-state index is -4.17. The summed E-state index contributed by atoms with van der Waals surface area (Å²) in [5, 5.41) is 3.32. The van der Waals surface area contributed by atoms with E-state index in [1.54, 1.807) is 43.3 Å². The molecule has 1 aliphatic rings. The predicted molar refractivity (Wildman–Crippen MR) is 163 cm³/mol. The number of hydrogen-bond donors (Lipinski definition) is 1. The van der Waals surface area contributed by atoms with Gasteiger partial charge in [-0.3, -0.25) is 13.9 Å². The van der Waals surface area contributed by atoms with Gasteiger partial charge in [-0.15, -0.1) is 0 Å². The summed E-state index contributed by atoms with van der Waals surface area (Å²) in [7, 11) is -4.17. The number of aryl methyl sites for hydroxylation is 2. The van der Waals surface area contributed by atoms with Crippen molar-refractivity contribution in [3.8, 4) is 0 Å². The molecule has 7 nitrogen and oxygen atoms in total. The van der Waals surface area contributed by atoms with Crippen LogP contribution >= 0.6 is 11.6 Å². The monoisotopic (exact) mass is 595 g/mol. The van der Waals surface area contributed by atoms with Crippen molar-refractivity contribution in [2.24, 2.45) is 0 Å². The lowest BCUT2D eigenvalue weighted by atomic mass is 9.95. The minimum absolute atomic E-state index is 0.0454. The third-order valence-electron chi connectivity index (χ3n) is 7.60. The second-order valence-corrected chi connectivity index (χ2v) is 13.1. The van der Waals surface area contributed by atoms with Gasteiger partial charge in [0.05, 0.1) is 15.6 Å². The van der Waals surface area contributed by atoms with Gasteiger partial charge in [-0.05, 0) is 63.4 Å². The first-order valence-corrected chi connectivity index (χ1v) is 15.9. The number of carbonyl (C=O) groups excluding carboxylic acids is 2. The lowest BCUT2D eigenvalue weighted by molar-refractivity contribution is -0.139. The number of rotatable bonds is 10. The Hall–Kier alpha value is -3.36. The fourth-order valence-electron chi connectivity index (χ4n) is 5.05. The molecule has 0 bridgehead atoms. The van der Waals surface area contributed by atoms with E-state index < -0.39 is 28.5 Å². The van der Waals surface area contributed by atoms with E-state index in [-0.39, 0.29) is 34.1 Å². The molecule has 1 N–H and O–H groups in total. The Morgan fingerprint density at radius 3 is 2.10 bits per heavy atom. The summed E-state index contributed by atoms with van der Waals surface area (Å²) in [6.45, 7) is 5.17. The standard InChI is InChI=1S/C32H38ClN3O4S/c1-23-13-17-26(18-14-23)21-35(25(3)32(38)34-27-9-5-4-6-10-27)31(37)22-36(30-12-8-7-11-29(30)33)41(39,40)28-19-15-24(2)16-20-28/h7-8,11-20,25,27H,4-6,9-10,21-22H2,1-3H3,(H,34,38). The zero-order valence-electron chi connectivity index (χ0n) is 23.8. The minimum Gasteiger partial charge on any atom is -0.352 e. The molecule has 0 aliphatic heterocycles. The van der Waals surface area contributed by atoms with Crippen LogP contribution in [0.4, 0.5) is 5.69 Å². The van der Waals surface area contributed by atoms with E-state index in [1.165, 1.54) is 17.0 Å². The summed E-state index contributed by atoms with van der Waals surface area (Å²) in [5.41, 5.74) is 3.01. The zero-order valence-corrected chi connectivity index (χ0v) is 25.4. The van der Waals surface area contributed by atoms with Crippen molar-refractivity contribution in [2.45, 2.75) is 76.4 Å². The van der Waals surface area contributed by atoms with Crippen LogP contribution in [0.25, 0.3) is 0 Å². The average Bonchev–Trinajstić information content (AvgIpc) is 2.96. The zero-order chi connectivity index (χ0) is 29.6. The van der Waals surface area contributed by atoms with E-state index in [0.29, 0.717) is 0 Å². The van der Waals surface area contributed by atoms with Crippen molar-refractivity contribution in [3.05, 3.63) is 94.5 Å². The maximum absolute atomic E-state index is 14.1. The van der Waals surface area contributed by atoms with Crippen molar-refractivity contribution in [1.29, 1.82) is 0 Å². The van der Waals surface area contributed by atoms with Gasteiger partial charge >= 0.3 is 0 Å². The average molecular weight is 596 g/mol. The number of anilines is 1.